The van der Waals surface area contributed by atoms with Crippen molar-refractivity contribution in [2.24, 2.45) is 0 Å². The minimum atomic E-state index is -0.463. The molecule has 0 aliphatic heterocycles. The lowest BCUT2D eigenvalue weighted by atomic mass is 10.2. The molecule has 0 aliphatic carbocycles. The summed E-state index contributed by atoms with van der Waals surface area (Å²) < 4.78 is 15.4. The first-order valence-electron chi connectivity index (χ1n) is 9.05. The minimum Gasteiger partial charge on any atom is -0.497 e. The molecule has 0 saturated heterocycles. The van der Waals surface area contributed by atoms with Crippen molar-refractivity contribution >= 4 is 23.4 Å². The number of carbonyl (C=O) groups is 3. The van der Waals surface area contributed by atoms with Crippen LogP contribution >= 0.6 is 0 Å². The molecule has 0 atom stereocenters. The van der Waals surface area contributed by atoms with Crippen molar-refractivity contribution in [3.05, 3.63) is 48.0 Å². The Hall–Kier alpha value is -3.75. The lowest BCUT2D eigenvalue weighted by Gasteiger charge is -2.17. The maximum atomic E-state index is 12.3. The summed E-state index contributed by atoms with van der Waals surface area (Å²) in [4.78, 5) is 38.0. The molecule has 2 N–H and O–H groups in total. The number of ether oxygens (including phenoxy) is 3. The van der Waals surface area contributed by atoms with Crippen molar-refractivity contribution in [2.75, 3.05) is 46.8 Å². The number of amides is 3. The average molecular weight is 415 g/mol. The van der Waals surface area contributed by atoms with Crippen LogP contribution in [0.1, 0.15) is 10.4 Å². The van der Waals surface area contributed by atoms with E-state index in [1.165, 1.54) is 45.4 Å². The Morgan fingerprint density at radius 2 is 1.53 bits per heavy atom. The molecule has 2 aromatic rings. The van der Waals surface area contributed by atoms with Crippen LogP contribution in [0.3, 0.4) is 0 Å². The summed E-state index contributed by atoms with van der Waals surface area (Å²) in [7, 11) is 5.97. The van der Waals surface area contributed by atoms with E-state index in [0.717, 1.165) is 0 Å². The molecule has 0 bridgehead atoms. The molecule has 0 radical (unpaired) electrons. The molecule has 0 aromatic heterocycles. The Morgan fingerprint density at radius 1 is 0.900 bits per heavy atom. The first kappa shape index (κ1) is 22.5. The number of nitrogens with one attached hydrogen (secondary N) is 2. The zero-order valence-corrected chi connectivity index (χ0v) is 17.4. The van der Waals surface area contributed by atoms with Gasteiger partial charge in [-0.1, -0.05) is 6.07 Å². The third-order valence-corrected chi connectivity index (χ3v) is 4.17. The molecular weight excluding hydrogens is 390 g/mol. The predicted molar refractivity (Wildman–Crippen MR) is 111 cm³/mol. The summed E-state index contributed by atoms with van der Waals surface area (Å²) in [6.45, 7) is -0.430. The molecule has 0 saturated carbocycles. The van der Waals surface area contributed by atoms with Gasteiger partial charge in [0, 0.05) is 30.4 Å². The molecule has 0 fully saturated rings. The van der Waals surface area contributed by atoms with Gasteiger partial charge in [-0.05, 0) is 24.3 Å². The monoisotopic (exact) mass is 415 g/mol. The summed E-state index contributed by atoms with van der Waals surface area (Å²) in [6, 6.07) is 11.6. The van der Waals surface area contributed by atoms with Crippen LogP contribution in [0.2, 0.25) is 0 Å². The predicted octanol–water partition coefficient (Wildman–Crippen LogP) is 1.54. The molecule has 0 heterocycles. The van der Waals surface area contributed by atoms with Crippen LogP contribution in [-0.4, -0.2) is 64.1 Å². The second-order valence-electron chi connectivity index (χ2n) is 6.31. The van der Waals surface area contributed by atoms with Gasteiger partial charge in [-0.2, -0.15) is 0 Å². The number of methoxy groups -OCH3 is 3. The van der Waals surface area contributed by atoms with Gasteiger partial charge in [0.2, 0.25) is 11.8 Å². The third kappa shape index (κ3) is 6.40. The number of hydrogen-bond acceptors (Lipinski definition) is 6. The number of rotatable bonds is 9. The summed E-state index contributed by atoms with van der Waals surface area (Å²) in [5, 5.41) is 5.22. The highest BCUT2D eigenvalue weighted by Crippen LogP contribution is 2.22. The van der Waals surface area contributed by atoms with E-state index in [4.69, 9.17) is 14.2 Å². The van der Waals surface area contributed by atoms with Crippen LogP contribution in [-0.2, 0) is 9.59 Å². The fourth-order valence-electron chi connectivity index (χ4n) is 2.54. The number of benzene rings is 2. The largest absolute Gasteiger partial charge is 0.497 e. The highest BCUT2D eigenvalue weighted by atomic mass is 16.5. The summed E-state index contributed by atoms with van der Waals surface area (Å²) in [6.07, 6.45) is 0. The van der Waals surface area contributed by atoms with Crippen LogP contribution in [0.5, 0.6) is 17.2 Å². The van der Waals surface area contributed by atoms with Crippen LogP contribution in [0.15, 0.2) is 42.5 Å². The highest BCUT2D eigenvalue weighted by molar-refractivity contribution is 5.98. The zero-order chi connectivity index (χ0) is 22.1. The van der Waals surface area contributed by atoms with E-state index >= 15 is 0 Å². The average Bonchev–Trinajstić information content (AvgIpc) is 2.76. The van der Waals surface area contributed by atoms with Gasteiger partial charge in [-0.25, -0.2) is 0 Å². The van der Waals surface area contributed by atoms with E-state index in [2.05, 4.69) is 10.6 Å². The van der Waals surface area contributed by atoms with Crippen LogP contribution in [0, 0.1) is 0 Å². The third-order valence-electron chi connectivity index (χ3n) is 4.17. The molecule has 2 rings (SSSR count). The molecule has 0 aliphatic rings. The van der Waals surface area contributed by atoms with Crippen LogP contribution < -0.4 is 24.8 Å². The number of carbonyl (C=O) groups excluding carboxylic acids is 3. The van der Waals surface area contributed by atoms with E-state index in [-0.39, 0.29) is 24.6 Å². The van der Waals surface area contributed by atoms with Gasteiger partial charge >= 0.3 is 0 Å². The highest BCUT2D eigenvalue weighted by Gasteiger charge is 2.16. The van der Waals surface area contributed by atoms with E-state index in [0.29, 0.717) is 22.9 Å². The second-order valence-corrected chi connectivity index (χ2v) is 6.31. The molecule has 30 heavy (non-hydrogen) atoms. The Labute approximate surface area is 174 Å². The number of anilines is 1. The fourth-order valence-corrected chi connectivity index (χ4v) is 2.54. The van der Waals surface area contributed by atoms with E-state index in [9.17, 15) is 14.4 Å². The zero-order valence-electron chi connectivity index (χ0n) is 17.4. The maximum Gasteiger partial charge on any atom is 0.251 e. The second kappa shape index (κ2) is 10.7. The van der Waals surface area contributed by atoms with Crippen LogP contribution in [0.25, 0.3) is 0 Å². The first-order valence-corrected chi connectivity index (χ1v) is 9.05. The van der Waals surface area contributed by atoms with Gasteiger partial charge in [0.25, 0.3) is 5.91 Å². The van der Waals surface area contributed by atoms with E-state index < -0.39 is 11.8 Å². The van der Waals surface area contributed by atoms with Crippen LogP contribution in [0.4, 0.5) is 5.69 Å². The minimum absolute atomic E-state index is 0.168. The van der Waals surface area contributed by atoms with Gasteiger partial charge in [0.05, 0.1) is 34.4 Å². The molecule has 160 valence electrons. The standard InChI is InChI=1S/C21H25N3O6/c1-24(13-19(25)23-15-6-5-7-16(10-15)28-2)20(26)12-22-21(27)14-8-17(29-3)11-18(9-14)30-4/h5-11H,12-13H2,1-4H3,(H,22,27)(H,23,25). The van der Waals surface area contributed by atoms with Crippen molar-refractivity contribution < 1.29 is 28.6 Å². The lowest BCUT2D eigenvalue weighted by Crippen LogP contribution is -2.41. The van der Waals surface area contributed by atoms with Crippen molar-refractivity contribution in [3.8, 4) is 17.2 Å². The lowest BCUT2D eigenvalue weighted by molar-refractivity contribution is -0.132. The van der Waals surface area contributed by atoms with Crippen molar-refractivity contribution in [2.45, 2.75) is 0 Å². The number of likely N-dealkylation sites (N-methyl/N-ethyl adjacent to an activating group) is 1. The molecule has 0 spiro atoms. The maximum absolute atomic E-state index is 12.3. The molecule has 0 unspecified atom stereocenters. The summed E-state index contributed by atoms with van der Waals surface area (Å²) in [5.74, 6) is 0.264. The van der Waals surface area contributed by atoms with Gasteiger partial charge < -0.3 is 29.7 Å². The molecule has 9 nitrogen and oxygen atoms in total. The van der Waals surface area contributed by atoms with Gasteiger partial charge in [-0.3, -0.25) is 14.4 Å². The first-order chi connectivity index (χ1) is 14.4. The normalized spacial score (nSPS) is 10.0. The number of hydrogen-bond donors (Lipinski definition) is 2. The Kier molecular flexibility index (Phi) is 8.04. The SMILES string of the molecule is COc1cccc(NC(=O)CN(C)C(=O)CNC(=O)c2cc(OC)cc(OC)c2)c1. The van der Waals surface area contributed by atoms with Gasteiger partial charge in [0.1, 0.15) is 17.2 Å². The Balaban J connectivity index is 1.88. The van der Waals surface area contributed by atoms with Crippen molar-refractivity contribution in [1.82, 2.24) is 10.2 Å². The molecule has 9 heteroatoms. The van der Waals surface area contributed by atoms with Crippen molar-refractivity contribution in [1.29, 1.82) is 0 Å². The summed E-state index contributed by atoms with van der Waals surface area (Å²) >= 11 is 0. The Morgan fingerprint density at radius 3 is 2.13 bits per heavy atom. The Bertz CT molecular complexity index is 893. The smallest absolute Gasteiger partial charge is 0.251 e. The fraction of sp³-hybridized carbons (Fsp3) is 0.286. The van der Waals surface area contributed by atoms with E-state index in [1.54, 1.807) is 30.3 Å². The van der Waals surface area contributed by atoms with Gasteiger partial charge in [-0.15, -0.1) is 0 Å². The topological polar surface area (TPSA) is 106 Å². The quantitative estimate of drug-likeness (QED) is 0.644. The molecular formula is C21H25N3O6. The van der Waals surface area contributed by atoms with E-state index in [1.807, 2.05) is 0 Å². The molecule has 2 aromatic carbocycles. The summed E-state index contributed by atoms with van der Waals surface area (Å²) in [5.41, 5.74) is 0.845. The van der Waals surface area contributed by atoms with Gasteiger partial charge in [0.15, 0.2) is 0 Å². The molecule has 3 amide bonds. The van der Waals surface area contributed by atoms with Crippen molar-refractivity contribution in [3.63, 3.8) is 0 Å². The number of nitrogens with zero attached hydrogens (tertiary/aromatic N) is 1.